The first kappa shape index (κ1) is 18.7. The van der Waals surface area contributed by atoms with Gasteiger partial charge in [-0.2, -0.15) is 16.3 Å². The van der Waals surface area contributed by atoms with E-state index >= 15 is 0 Å². The minimum atomic E-state index is -0.464. The van der Waals surface area contributed by atoms with E-state index in [1.54, 1.807) is 35.3 Å². The van der Waals surface area contributed by atoms with Crippen molar-refractivity contribution < 1.29 is 14.1 Å². The van der Waals surface area contributed by atoms with Gasteiger partial charge in [0.05, 0.1) is 6.54 Å². The van der Waals surface area contributed by atoms with Crippen molar-refractivity contribution in [3.63, 3.8) is 0 Å². The highest BCUT2D eigenvalue weighted by Crippen LogP contribution is 2.23. The van der Waals surface area contributed by atoms with Gasteiger partial charge in [0.15, 0.2) is 0 Å². The van der Waals surface area contributed by atoms with Crippen LogP contribution in [0.3, 0.4) is 0 Å². The summed E-state index contributed by atoms with van der Waals surface area (Å²) in [6.45, 7) is 3.73. The normalized spacial score (nSPS) is 12.0. The highest BCUT2D eigenvalue weighted by Gasteiger charge is 2.25. The average Bonchev–Trinajstić information content (AvgIpc) is 3.36. The van der Waals surface area contributed by atoms with Crippen LogP contribution in [0.1, 0.15) is 36.1 Å². The summed E-state index contributed by atoms with van der Waals surface area (Å²) in [6, 6.07) is 4.84. The predicted molar refractivity (Wildman–Crippen MR) is 99.9 cm³/mol. The van der Waals surface area contributed by atoms with E-state index in [2.05, 4.69) is 25.8 Å². The minimum absolute atomic E-state index is 0.0173. The Kier molecular flexibility index (Phi) is 5.92. The van der Waals surface area contributed by atoms with E-state index in [1.165, 1.54) is 11.3 Å². The molecule has 3 aromatic heterocycles. The lowest BCUT2D eigenvalue weighted by Gasteiger charge is -2.18. The Morgan fingerprint density at radius 1 is 1.30 bits per heavy atom. The maximum absolute atomic E-state index is 12.3. The van der Waals surface area contributed by atoms with Crippen molar-refractivity contribution >= 4 is 23.2 Å². The van der Waals surface area contributed by atoms with Crippen molar-refractivity contribution in [1.82, 2.24) is 25.8 Å². The molecular formula is C18H19N5O3S. The lowest BCUT2D eigenvalue weighted by Crippen LogP contribution is -2.40. The fraction of sp³-hybridized carbons (Fsp3) is 0.278. The summed E-state index contributed by atoms with van der Waals surface area (Å²) < 4.78 is 5.34. The number of carbonyl (C=O) groups excluding carboxylic acids is 2. The Hall–Kier alpha value is -3.07. The molecule has 27 heavy (non-hydrogen) atoms. The molecule has 2 amide bonds. The van der Waals surface area contributed by atoms with Crippen molar-refractivity contribution in [2.24, 2.45) is 5.92 Å². The first-order valence-corrected chi connectivity index (χ1v) is 9.32. The molecule has 1 atom stereocenters. The Bertz CT molecular complexity index is 893. The second kappa shape index (κ2) is 8.54. The molecule has 0 aliphatic heterocycles. The number of nitrogens with zero attached hydrogens (tertiary/aromatic N) is 3. The number of amides is 2. The van der Waals surface area contributed by atoms with Crippen LogP contribution in [0, 0.1) is 5.92 Å². The van der Waals surface area contributed by atoms with Crippen molar-refractivity contribution in [3.05, 3.63) is 52.8 Å². The van der Waals surface area contributed by atoms with Gasteiger partial charge in [0, 0.05) is 28.9 Å². The van der Waals surface area contributed by atoms with E-state index in [-0.39, 0.29) is 24.3 Å². The zero-order chi connectivity index (χ0) is 19.2. The number of hydrogen-bond acceptors (Lipinski definition) is 7. The SMILES string of the molecule is CC(C)C(NC(=O)CNC(=O)c1ccsc1)c1nc(-c2cccnc2)no1. The lowest BCUT2D eigenvalue weighted by molar-refractivity contribution is -0.121. The molecule has 0 spiro atoms. The van der Waals surface area contributed by atoms with E-state index in [1.807, 2.05) is 19.9 Å². The molecule has 0 fully saturated rings. The topological polar surface area (TPSA) is 110 Å². The van der Waals surface area contributed by atoms with Crippen LogP contribution in [0.25, 0.3) is 11.4 Å². The summed E-state index contributed by atoms with van der Waals surface area (Å²) in [4.78, 5) is 32.6. The molecule has 2 N–H and O–H groups in total. The van der Waals surface area contributed by atoms with Gasteiger partial charge in [0.2, 0.25) is 17.6 Å². The van der Waals surface area contributed by atoms with Gasteiger partial charge in [-0.15, -0.1) is 0 Å². The van der Waals surface area contributed by atoms with E-state index in [0.29, 0.717) is 17.3 Å². The standard InChI is InChI=1S/C18H19N5O3S/c1-11(2)15(18-22-16(23-26-18)12-4-3-6-19-8-12)21-14(24)9-20-17(25)13-5-7-27-10-13/h3-8,10-11,15H,9H2,1-2H3,(H,20,25)(H,21,24). The van der Waals surface area contributed by atoms with E-state index in [4.69, 9.17) is 4.52 Å². The molecule has 3 rings (SSSR count). The van der Waals surface area contributed by atoms with Crippen LogP contribution in [0.15, 0.2) is 45.9 Å². The van der Waals surface area contributed by atoms with Gasteiger partial charge >= 0.3 is 0 Å². The second-order valence-corrected chi connectivity index (χ2v) is 6.96. The zero-order valence-corrected chi connectivity index (χ0v) is 15.7. The average molecular weight is 385 g/mol. The maximum atomic E-state index is 12.3. The number of pyridine rings is 1. The summed E-state index contributed by atoms with van der Waals surface area (Å²) in [5.74, 6) is 0.108. The van der Waals surface area contributed by atoms with Crippen LogP contribution in [-0.4, -0.2) is 33.5 Å². The third-order valence-corrected chi connectivity index (χ3v) is 4.49. The molecule has 0 aliphatic carbocycles. The van der Waals surface area contributed by atoms with Crippen LogP contribution in [0.4, 0.5) is 0 Å². The third-order valence-electron chi connectivity index (χ3n) is 3.80. The zero-order valence-electron chi connectivity index (χ0n) is 14.9. The van der Waals surface area contributed by atoms with Crippen LogP contribution in [-0.2, 0) is 4.79 Å². The molecule has 3 aromatic rings. The van der Waals surface area contributed by atoms with Crippen molar-refractivity contribution in [1.29, 1.82) is 0 Å². The number of thiophene rings is 1. The van der Waals surface area contributed by atoms with Crippen molar-refractivity contribution in [2.75, 3.05) is 6.54 Å². The third kappa shape index (κ3) is 4.76. The number of nitrogens with one attached hydrogen (secondary N) is 2. The fourth-order valence-electron chi connectivity index (χ4n) is 2.37. The highest BCUT2D eigenvalue weighted by molar-refractivity contribution is 7.08. The first-order valence-electron chi connectivity index (χ1n) is 8.38. The Labute approximate surface area is 160 Å². The molecule has 0 bridgehead atoms. The minimum Gasteiger partial charge on any atom is -0.343 e. The maximum Gasteiger partial charge on any atom is 0.252 e. The number of rotatable bonds is 7. The monoisotopic (exact) mass is 385 g/mol. The summed E-state index contributed by atoms with van der Waals surface area (Å²) >= 11 is 1.42. The number of carbonyl (C=O) groups is 2. The number of hydrogen-bond donors (Lipinski definition) is 2. The smallest absolute Gasteiger partial charge is 0.252 e. The lowest BCUT2D eigenvalue weighted by atomic mass is 10.0. The summed E-state index contributed by atoms with van der Waals surface area (Å²) in [7, 11) is 0. The van der Waals surface area contributed by atoms with Gasteiger partial charge in [0.1, 0.15) is 6.04 Å². The Morgan fingerprint density at radius 2 is 2.15 bits per heavy atom. The van der Waals surface area contributed by atoms with Gasteiger partial charge in [-0.1, -0.05) is 19.0 Å². The molecule has 3 heterocycles. The molecule has 9 heteroatoms. The Morgan fingerprint density at radius 3 is 2.81 bits per heavy atom. The van der Waals surface area contributed by atoms with Crippen LogP contribution >= 0.6 is 11.3 Å². The molecule has 0 radical (unpaired) electrons. The first-order chi connectivity index (χ1) is 13.0. The fourth-order valence-corrected chi connectivity index (χ4v) is 3.00. The molecule has 8 nitrogen and oxygen atoms in total. The Balaban J connectivity index is 1.63. The molecule has 1 unspecified atom stereocenters. The van der Waals surface area contributed by atoms with E-state index < -0.39 is 6.04 Å². The number of aromatic nitrogens is 3. The van der Waals surface area contributed by atoms with Gasteiger partial charge < -0.3 is 15.2 Å². The summed E-state index contributed by atoms with van der Waals surface area (Å²) in [6.07, 6.45) is 3.30. The molecular weight excluding hydrogens is 366 g/mol. The molecule has 0 aliphatic rings. The molecule has 140 valence electrons. The van der Waals surface area contributed by atoms with E-state index in [0.717, 1.165) is 5.56 Å². The van der Waals surface area contributed by atoms with Gasteiger partial charge in [-0.25, -0.2) is 0 Å². The largest absolute Gasteiger partial charge is 0.343 e. The molecule has 0 saturated carbocycles. The van der Waals surface area contributed by atoms with E-state index in [9.17, 15) is 9.59 Å². The quantitative estimate of drug-likeness (QED) is 0.646. The highest BCUT2D eigenvalue weighted by atomic mass is 32.1. The molecule has 0 saturated heterocycles. The second-order valence-electron chi connectivity index (χ2n) is 6.18. The van der Waals surface area contributed by atoms with Gasteiger partial charge in [-0.05, 0) is 29.5 Å². The predicted octanol–water partition coefficient (Wildman–Crippen LogP) is 2.44. The van der Waals surface area contributed by atoms with Crippen LogP contribution < -0.4 is 10.6 Å². The summed E-state index contributed by atoms with van der Waals surface area (Å²) in [5.41, 5.74) is 1.26. The van der Waals surface area contributed by atoms with Crippen molar-refractivity contribution in [2.45, 2.75) is 19.9 Å². The summed E-state index contributed by atoms with van der Waals surface area (Å²) in [5, 5.41) is 12.9. The molecule has 0 aromatic carbocycles. The van der Waals surface area contributed by atoms with Crippen molar-refractivity contribution in [3.8, 4) is 11.4 Å². The van der Waals surface area contributed by atoms with Crippen LogP contribution in [0.2, 0.25) is 0 Å². The van der Waals surface area contributed by atoms with Crippen LogP contribution in [0.5, 0.6) is 0 Å². The van der Waals surface area contributed by atoms with Gasteiger partial charge in [-0.3, -0.25) is 14.6 Å². The van der Waals surface area contributed by atoms with Gasteiger partial charge in [0.25, 0.3) is 5.91 Å².